The number of aryl methyl sites for hydroxylation is 2. The fraction of sp³-hybridized carbons (Fsp3) is 0.250. The van der Waals surface area contributed by atoms with Crippen LogP contribution in [0.1, 0.15) is 28.8 Å². The molecule has 2 rings (SSSR count). The van der Waals surface area contributed by atoms with E-state index in [0.717, 1.165) is 5.69 Å². The molecule has 0 aromatic carbocycles. The van der Waals surface area contributed by atoms with Crippen LogP contribution in [0.25, 0.3) is 0 Å². The molecular formula is C12H13N3O. The Labute approximate surface area is 93.9 Å². The molecule has 82 valence electrons. The molecule has 4 heteroatoms. The maximum absolute atomic E-state index is 12.1. The summed E-state index contributed by atoms with van der Waals surface area (Å²) in [6, 6.07) is 7.15. The van der Waals surface area contributed by atoms with E-state index in [1.54, 1.807) is 23.0 Å². The van der Waals surface area contributed by atoms with Crippen LogP contribution < -0.4 is 0 Å². The normalized spacial score (nSPS) is 10.4. The Bertz CT molecular complexity index is 516. The van der Waals surface area contributed by atoms with Crippen molar-refractivity contribution in [1.82, 2.24) is 14.8 Å². The van der Waals surface area contributed by atoms with Gasteiger partial charge in [-0.1, -0.05) is 6.07 Å². The summed E-state index contributed by atoms with van der Waals surface area (Å²) in [7, 11) is 0. The number of carbonyl (C=O) groups is 1. The van der Waals surface area contributed by atoms with Crippen molar-refractivity contribution >= 4 is 5.78 Å². The first-order valence-electron chi connectivity index (χ1n) is 5.22. The van der Waals surface area contributed by atoms with E-state index in [9.17, 15) is 4.79 Å². The molecule has 0 aliphatic heterocycles. The minimum atomic E-state index is -0.0805. The average Bonchev–Trinajstić information content (AvgIpc) is 2.76. The summed E-state index contributed by atoms with van der Waals surface area (Å²) in [6.45, 7) is 4.50. The summed E-state index contributed by atoms with van der Waals surface area (Å²) in [5.74, 6) is -0.0805. The fourth-order valence-electron chi connectivity index (χ4n) is 1.58. The SMILES string of the molecule is CCn1nccc1C(=O)c1cccc(C)n1. The van der Waals surface area contributed by atoms with Crippen molar-refractivity contribution < 1.29 is 4.79 Å². The van der Waals surface area contributed by atoms with Crippen LogP contribution in [0.15, 0.2) is 30.5 Å². The van der Waals surface area contributed by atoms with Gasteiger partial charge in [0.1, 0.15) is 11.4 Å². The largest absolute Gasteiger partial charge is 0.285 e. The zero-order valence-electron chi connectivity index (χ0n) is 9.34. The van der Waals surface area contributed by atoms with Gasteiger partial charge in [0.15, 0.2) is 0 Å². The van der Waals surface area contributed by atoms with E-state index < -0.39 is 0 Å². The molecule has 2 aromatic rings. The number of ketones is 1. The van der Waals surface area contributed by atoms with Gasteiger partial charge in [-0.25, -0.2) is 4.98 Å². The number of hydrogen-bond acceptors (Lipinski definition) is 3. The first kappa shape index (κ1) is 10.5. The highest BCUT2D eigenvalue weighted by Gasteiger charge is 2.14. The Kier molecular flexibility index (Phi) is 2.81. The third kappa shape index (κ3) is 1.86. The van der Waals surface area contributed by atoms with Crippen LogP contribution in [0.4, 0.5) is 0 Å². The second kappa shape index (κ2) is 4.26. The first-order chi connectivity index (χ1) is 7.72. The number of pyridine rings is 1. The molecule has 16 heavy (non-hydrogen) atoms. The van der Waals surface area contributed by atoms with Gasteiger partial charge in [0.25, 0.3) is 0 Å². The molecule has 0 atom stereocenters. The predicted octanol–water partition coefficient (Wildman–Crippen LogP) is 1.84. The Morgan fingerprint density at radius 1 is 1.38 bits per heavy atom. The Morgan fingerprint density at radius 2 is 2.19 bits per heavy atom. The lowest BCUT2D eigenvalue weighted by molar-refractivity contribution is 0.102. The zero-order valence-corrected chi connectivity index (χ0v) is 9.34. The van der Waals surface area contributed by atoms with Gasteiger partial charge in [-0.2, -0.15) is 5.10 Å². The molecule has 0 radical (unpaired) electrons. The van der Waals surface area contributed by atoms with E-state index in [-0.39, 0.29) is 5.78 Å². The van der Waals surface area contributed by atoms with Gasteiger partial charge >= 0.3 is 0 Å². The topological polar surface area (TPSA) is 47.8 Å². The molecule has 0 N–H and O–H groups in total. The Morgan fingerprint density at radius 3 is 2.88 bits per heavy atom. The lowest BCUT2D eigenvalue weighted by atomic mass is 10.2. The predicted molar refractivity (Wildman–Crippen MR) is 60.3 cm³/mol. The minimum absolute atomic E-state index is 0.0805. The maximum Gasteiger partial charge on any atom is 0.229 e. The summed E-state index contributed by atoms with van der Waals surface area (Å²) in [6.07, 6.45) is 1.63. The van der Waals surface area contributed by atoms with Gasteiger partial charge in [0.2, 0.25) is 5.78 Å². The van der Waals surface area contributed by atoms with Gasteiger partial charge in [0.05, 0.1) is 0 Å². The second-order valence-corrected chi connectivity index (χ2v) is 3.53. The number of carbonyl (C=O) groups excluding carboxylic acids is 1. The molecule has 0 bridgehead atoms. The van der Waals surface area contributed by atoms with Crippen LogP contribution in [0.5, 0.6) is 0 Å². The summed E-state index contributed by atoms with van der Waals surface area (Å²) in [4.78, 5) is 16.3. The molecule has 0 unspecified atom stereocenters. The lowest BCUT2D eigenvalue weighted by Crippen LogP contribution is -2.12. The molecule has 0 spiro atoms. The highest BCUT2D eigenvalue weighted by molar-refractivity contribution is 6.06. The van der Waals surface area contributed by atoms with E-state index in [1.807, 2.05) is 26.0 Å². The quantitative estimate of drug-likeness (QED) is 0.734. The fourth-order valence-corrected chi connectivity index (χ4v) is 1.58. The molecule has 0 aliphatic carbocycles. The van der Waals surface area contributed by atoms with Gasteiger partial charge in [-0.15, -0.1) is 0 Å². The molecule has 0 saturated heterocycles. The maximum atomic E-state index is 12.1. The summed E-state index contributed by atoms with van der Waals surface area (Å²) < 4.78 is 1.67. The van der Waals surface area contributed by atoms with Gasteiger partial charge in [0, 0.05) is 18.4 Å². The van der Waals surface area contributed by atoms with Crippen LogP contribution in [0, 0.1) is 6.92 Å². The van der Waals surface area contributed by atoms with Crippen LogP contribution in [0.3, 0.4) is 0 Å². The van der Waals surface area contributed by atoms with Crippen molar-refractivity contribution in [3.05, 3.63) is 47.5 Å². The highest BCUT2D eigenvalue weighted by Crippen LogP contribution is 2.08. The van der Waals surface area contributed by atoms with Crippen molar-refractivity contribution in [1.29, 1.82) is 0 Å². The van der Waals surface area contributed by atoms with E-state index in [4.69, 9.17) is 0 Å². The average molecular weight is 215 g/mol. The first-order valence-corrected chi connectivity index (χ1v) is 5.22. The van der Waals surface area contributed by atoms with Crippen molar-refractivity contribution in [2.24, 2.45) is 0 Å². The number of rotatable bonds is 3. The van der Waals surface area contributed by atoms with Gasteiger partial charge in [-0.3, -0.25) is 9.48 Å². The summed E-state index contributed by atoms with van der Waals surface area (Å²) >= 11 is 0. The minimum Gasteiger partial charge on any atom is -0.285 e. The monoisotopic (exact) mass is 215 g/mol. The summed E-state index contributed by atoms with van der Waals surface area (Å²) in [5.41, 5.74) is 1.89. The Balaban J connectivity index is 2.39. The molecule has 0 amide bonds. The lowest BCUT2D eigenvalue weighted by Gasteiger charge is -2.03. The smallest absolute Gasteiger partial charge is 0.229 e. The standard InChI is InChI=1S/C12H13N3O/c1-3-15-11(7-8-13-15)12(16)10-6-4-5-9(2)14-10/h4-8H,3H2,1-2H3. The number of hydrogen-bond donors (Lipinski definition) is 0. The molecule has 0 fully saturated rings. The van der Waals surface area contributed by atoms with Crippen molar-refractivity contribution in [2.45, 2.75) is 20.4 Å². The van der Waals surface area contributed by atoms with E-state index in [1.165, 1.54) is 0 Å². The highest BCUT2D eigenvalue weighted by atomic mass is 16.1. The van der Waals surface area contributed by atoms with Crippen LogP contribution >= 0.6 is 0 Å². The molecule has 0 saturated carbocycles. The van der Waals surface area contributed by atoms with Gasteiger partial charge in [-0.05, 0) is 32.0 Å². The van der Waals surface area contributed by atoms with E-state index >= 15 is 0 Å². The van der Waals surface area contributed by atoms with Gasteiger partial charge < -0.3 is 0 Å². The molecule has 4 nitrogen and oxygen atoms in total. The van der Waals surface area contributed by atoms with Crippen molar-refractivity contribution in [2.75, 3.05) is 0 Å². The van der Waals surface area contributed by atoms with Crippen molar-refractivity contribution in [3.8, 4) is 0 Å². The number of nitrogens with zero attached hydrogens (tertiary/aromatic N) is 3. The van der Waals surface area contributed by atoms with Crippen LogP contribution in [0.2, 0.25) is 0 Å². The van der Waals surface area contributed by atoms with E-state index in [2.05, 4.69) is 10.1 Å². The third-order valence-corrected chi connectivity index (χ3v) is 2.37. The second-order valence-electron chi connectivity index (χ2n) is 3.53. The molecular weight excluding hydrogens is 202 g/mol. The van der Waals surface area contributed by atoms with E-state index in [0.29, 0.717) is 17.9 Å². The molecule has 2 heterocycles. The number of aromatic nitrogens is 3. The van der Waals surface area contributed by atoms with Crippen LogP contribution in [-0.4, -0.2) is 20.5 Å². The summed E-state index contributed by atoms with van der Waals surface area (Å²) in [5, 5.41) is 4.07. The Hall–Kier alpha value is -1.97. The molecule has 2 aromatic heterocycles. The molecule has 0 aliphatic rings. The third-order valence-electron chi connectivity index (χ3n) is 2.37. The van der Waals surface area contributed by atoms with Crippen molar-refractivity contribution in [3.63, 3.8) is 0 Å². The zero-order chi connectivity index (χ0) is 11.5. The van der Waals surface area contributed by atoms with Crippen LogP contribution in [-0.2, 0) is 6.54 Å².